The summed E-state index contributed by atoms with van der Waals surface area (Å²) in [5.41, 5.74) is -2.63. The summed E-state index contributed by atoms with van der Waals surface area (Å²) in [7, 11) is -2.50. The second kappa shape index (κ2) is 14.2. The summed E-state index contributed by atoms with van der Waals surface area (Å²) in [6.45, 7) is 5.13. The first-order valence-corrected chi connectivity index (χ1v) is 19.6. The number of hydrogen-bond donors (Lipinski definition) is 3. The molecule has 4 fully saturated rings. The Morgan fingerprint density at radius 1 is 1.09 bits per heavy atom. The lowest BCUT2D eigenvalue weighted by Gasteiger charge is -2.35. The van der Waals surface area contributed by atoms with Crippen LogP contribution >= 0.6 is 11.6 Å². The summed E-state index contributed by atoms with van der Waals surface area (Å²) in [4.78, 5) is 60.6. The van der Waals surface area contributed by atoms with Crippen LogP contribution < -0.4 is 24.8 Å². The molecular weight excluding hydrogens is 759 g/mol. The number of nitrogens with one attached hydrogen (secondary N) is 3. The van der Waals surface area contributed by atoms with E-state index in [1.807, 2.05) is 0 Å². The number of benzene rings is 1. The zero-order valence-corrected chi connectivity index (χ0v) is 31.9. The number of hydrogen-bond acceptors (Lipinski definition) is 10. The standard InChI is InChI=1S/C35H43ClF3N5O9S/c1-17(35(37,38)39)52-32(48)41-27(33(2,3)4)30(46)44-16-19(53-29-21-7-6-8-23(36)26(21)25(51-5)15-40-29)13-24(44)28(45)42-34(14-22(34)18-9-10-18)31(47)43-54(49,50)20-11-12-20/h6-8,15,17-20,22,24,27H,9-14,16H2,1-5H3,(H,41,48)(H,42,45)(H,43,47)/t17-,19-,22+,24+,27-,34-/m1/s1. The number of sulfonamides is 1. The van der Waals surface area contributed by atoms with Crippen LogP contribution in [0.1, 0.15) is 66.2 Å². The number of aromatic nitrogens is 1. The predicted octanol–water partition coefficient (Wildman–Crippen LogP) is 4.23. The predicted molar refractivity (Wildman–Crippen MR) is 188 cm³/mol. The number of ether oxygens (including phenoxy) is 3. The van der Waals surface area contributed by atoms with E-state index >= 15 is 0 Å². The molecule has 14 nitrogen and oxygen atoms in total. The molecule has 2 heterocycles. The zero-order valence-electron chi connectivity index (χ0n) is 30.3. The molecule has 1 aromatic heterocycles. The van der Waals surface area contributed by atoms with Crippen molar-refractivity contribution >= 4 is 56.2 Å². The van der Waals surface area contributed by atoms with Gasteiger partial charge in [0, 0.05) is 17.2 Å². The second-order valence-electron chi connectivity index (χ2n) is 15.6. The second-order valence-corrected chi connectivity index (χ2v) is 18.0. The van der Waals surface area contributed by atoms with Gasteiger partial charge in [0.05, 0.1) is 30.1 Å². The Hall–Kier alpha value is -4.06. The lowest BCUT2D eigenvalue weighted by atomic mass is 9.85. The van der Waals surface area contributed by atoms with Crippen molar-refractivity contribution in [3.05, 3.63) is 29.4 Å². The molecule has 0 unspecified atom stereocenters. The zero-order chi connectivity index (χ0) is 39.5. The van der Waals surface area contributed by atoms with Gasteiger partial charge in [0.25, 0.3) is 5.91 Å². The van der Waals surface area contributed by atoms with E-state index in [1.54, 1.807) is 39.0 Å². The average molecular weight is 802 g/mol. The largest absolute Gasteiger partial charge is 0.494 e. The molecule has 0 bridgehead atoms. The SMILES string of the molecule is COc1cnc(O[C@@H]2C[C@@H](C(=O)N[C@]3(C(=O)NS(=O)(=O)C4CC4)C[C@H]3C3CC3)N(C(=O)[C@@H](NC(=O)O[C@H](C)C(F)(F)F)C(C)(C)C)C2)c2cccc(Cl)c12. The van der Waals surface area contributed by atoms with Gasteiger partial charge in [-0.1, -0.05) is 38.4 Å². The van der Waals surface area contributed by atoms with Crippen molar-refractivity contribution in [2.45, 2.75) is 107 Å². The Bertz CT molecular complexity index is 1950. The maximum absolute atomic E-state index is 14.4. The Labute approximate surface area is 315 Å². The highest BCUT2D eigenvalue weighted by Crippen LogP contribution is 2.57. The molecular formula is C35H43ClF3N5O9S. The Morgan fingerprint density at radius 3 is 2.37 bits per heavy atom. The van der Waals surface area contributed by atoms with Gasteiger partial charge in [-0.05, 0) is 68.4 Å². The van der Waals surface area contributed by atoms with Crippen LogP contribution in [0.4, 0.5) is 18.0 Å². The molecule has 6 rings (SSSR count). The maximum Gasteiger partial charge on any atom is 0.425 e. The molecule has 19 heteroatoms. The van der Waals surface area contributed by atoms with Crippen molar-refractivity contribution in [2.75, 3.05) is 13.7 Å². The van der Waals surface area contributed by atoms with Crippen molar-refractivity contribution in [2.24, 2.45) is 17.3 Å². The fourth-order valence-electron chi connectivity index (χ4n) is 6.98. The first-order chi connectivity index (χ1) is 25.2. The number of fused-ring (bicyclic) bond motifs is 1. The van der Waals surface area contributed by atoms with Gasteiger partial charge in [0.15, 0.2) is 6.10 Å². The molecule has 2 aromatic rings. The molecule has 0 radical (unpaired) electrons. The van der Waals surface area contributed by atoms with E-state index in [0.29, 0.717) is 41.3 Å². The van der Waals surface area contributed by atoms with E-state index in [4.69, 9.17) is 21.1 Å². The molecule has 54 heavy (non-hydrogen) atoms. The van der Waals surface area contributed by atoms with Gasteiger partial charge in [-0.15, -0.1) is 0 Å². The monoisotopic (exact) mass is 801 g/mol. The minimum atomic E-state index is -4.85. The fraction of sp³-hybridized carbons (Fsp3) is 0.629. The molecule has 6 atom stereocenters. The topological polar surface area (TPSA) is 182 Å². The molecule has 1 saturated heterocycles. The van der Waals surface area contributed by atoms with Crippen molar-refractivity contribution in [1.82, 2.24) is 25.2 Å². The van der Waals surface area contributed by atoms with Gasteiger partial charge in [0.2, 0.25) is 27.7 Å². The maximum atomic E-state index is 14.4. The Morgan fingerprint density at radius 2 is 1.78 bits per heavy atom. The third-order valence-corrected chi connectivity index (χ3v) is 12.5. The molecule has 1 aromatic carbocycles. The van der Waals surface area contributed by atoms with Crippen LogP contribution in [0.2, 0.25) is 5.02 Å². The quantitative estimate of drug-likeness (QED) is 0.281. The average Bonchev–Trinajstić information content (AvgIpc) is 3.95. The van der Waals surface area contributed by atoms with Crippen molar-refractivity contribution in [1.29, 1.82) is 0 Å². The lowest BCUT2D eigenvalue weighted by Crippen LogP contribution is -2.60. The highest BCUT2D eigenvalue weighted by molar-refractivity contribution is 7.91. The third kappa shape index (κ3) is 8.14. The molecule has 296 valence electrons. The van der Waals surface area contributed by atoms with Crippen LogP contribution in [0.25, 0.3) is 10.8 Å². The van der Waals surface area contributed by atoms with Crippen molar-refractivity contribution in [3.63, 3.8) is 0 Å². The van der Waals surface area contributed by atoms with Gasteiger partial charge < -0.3 is 29.7 Å². The summed E-state index contributed by atoms with van der Waals surface area (Å²) in [5.74, 6) is -2.17. The number of rotatable bonds is 12. The Balaban J connectivity index is 1.30. The molecule has 4 aliphatic rings. The van der Waals surface area contributed by atoms with Gasteiger partial charge in [0.1, 0.15) is 29.5 Å². The summed E-state index contributed by atoms with van der Waals surface area (Å²) < 4.78 is 83.5. The van der Waals surface area contributed by atoms with E-state index in [2.05, 4.69) is 25.1 Å². The number of methoxy groups -OCH3 is 1. The van der Waals surface area contributed by atoms with Crippen LogP contribution in [0.15, 0.2) is 24.4 Å². The summed E-state index contributed by atoms with van der Waals surface area (Å²) >= 11 is 6.48. The summed E-state index contributed by atoms with van der Waals surface area (Å²) in [5, 5.41) is 5.70. The normalized spacial score (nSPS) is 25.4. The Kier molecular flexibility index (Phi) is 10.4. The van der Waals surface area contributed by atoms with Crippen LogP contribution in [-0.2, 0) is 29.1 Å². The number of alkyl halides is 3. The van der Waals surface area contributed by atoms with Gasteiger partial charge in [-0.3, -0.25) is 19.1 Å². The minimum absolute atomic E-state index is 0.109. The number of carbonyl (C=O) groups excluding carboxylic acids is 4. The fourth-order valence-corrected chi connectivity index (χ4v) is 8.61. The third-order valence-electron chi connectivity index (χ3n) is 10.4. The van der Waals surface area contributed by atoms with Gasteiger partial charge in [-0.2, -0.15) is 13.2 Å². The van der Waals surface area contributed by atoms with E-state index in [9.17, 15) is 40.8 Å². The van der Waals surface area contributed by atoms with Crippen LogP contribution in [0.5, 0.6) is 11.6 Å². The molecule has 0 spiro atoms. The van der Waals surface area contributed by atoms with Crippen LogP contribution in [0, 0.1) is 17.3 Å². The number of carbonyl (C=O) groups is 4. The highest BCUT2D eigenvalue weighted by Gasteiger charge is 2.67. The van der Waals surface area contributed by atoms with Crippen molar-refractivity contribution in [3.8, 4) is 11.6 Å². The molecule has 4 amide bonds. The summed E-state index contributed by atoms with van der Waals surface area (Å²) in [6, 6.07) is 2.22. The van der Waals surface area contributed by atoms with E-state index in [-0.39, 0.29) is 37.1 Å². The minimum Gasteiger partial charge on any atom is -0.494 e. The molecule has 3 saturated carbocycles. The number of likely N-dealkylation sites (tertiary alicyclic amines) is 1. The van der Waals surface area contributed by atoms with E-state index in [1.165, 1.54) is 13.3 Å². The van der Waals surface area contributed by atoms with E-state index in [0.717, 1.165) is 17.7 Å². The smallest absolute Gasteiger partial charge is 0.425 e. The van der Waals surface area contributed by atoms with Crippen LogP contribution in [0.3, 0.4) is 0 Å². The molecule has 3 N–H and O–H groups in total. The van der Waals surface area contributed by atoms with Crippen molar-refractivity contribution < 1.29 is 55.0 Å². The lowest BCUT2D eigenvalue weighted by molar-refractivity contribution is -0.197. The summed E-state index contributed by atoms with van der Waals surface area (Å²) in [6.07, 6.45) is -5.79. The number of pyridine rings is 1. The van der Waals surface area contributed by atoms with E-state index < -0.39 is 80.5 Å². The number of nitrogens with zero attached hydrogens (tertiary/aromatic N) is 2. The number of alkyl carbamates (subject to hydrolysis) is 1. The van der Waals surface area contributed by atoms with Crippen LogP contribution in [-0.4, -0.2) is 97.0 Å². The van der Waals surface area contributed by atoms with Gasteiger partial charge >= 0.3 is 12.3 Å². The molecule has 3 aliphatic carbocycles. The first kappa shape index (κ1) is 39.6. The number of amides is 4. The first-order valence-electron chi connectivity index (χ1n) is 17.7. The highest BCUT2D eigenvalue weighted by atomic mass is 35.5. The van der Waals surface area contributed by atoms with Gasteiger partial charge in [-0.25, -0.2) is 18.2 Å². The molecule has 1 aliphatic heterocycles. The number of halogens is 4.